The highest BCUT2D eigenvalue weighted by Crippen LogP contribution is 2.23. The SMILES string of the molecule is C[C@@H]1CN(S(=O)(=O)c2ccc(NC(=O)Cc3ccccc3[N+](=O)[O-])cc2)C[C@@H](C)O1. The van der Waals surface area contributed by atoms with E-state index in [9.17, 15) is 23.3 Å². The van der Waals surface area contributed by atoms with Crippen LogP contribution in [0.5, 0.6) is 0 Å². The van der Waals surface area contributed by atoms with Crippen LogP contribution in [0.1, 0.15) is 19.4 Å². The van der Waals surface area contributed by atoms with Gasteiger partial charge < -0.3 is 10.1 Å². The fourth-order valence-corrected chi connectivity index (χ4v) is 4.99. The van der Waals surface area contributed by atoms with Gasteiger partial charge in [-0.25, -0.2) is 8.42 Å². The summed E-state index contributed by atoms with van der Waals surface area (Å²) in [7, 11) is -3.67. The second-order valence-corrected chi connectivity index (χ2v) is 9.15. The number of carbonyl (C=O) groups excluding carboxylic acids is 1. The van der Waals surface area contributed by atoms with E-state index in [4.69, 9.17) is 4.74 Å². The summed E-state index contributed by atoms with van der Waals surface area (Å²) >= 11 is 0. The van der Waals surface area contributed by atoms with Crippen LogP contribution in [0.25, 0.3) is 0 Å². The summed E-state index contributed by atoms with van der Waals surface area (Å²) in [6, 6.07) is 11.9. The minimum atomic E-state index is -3.67. The number of sulfonamides is 1. The van der Waals surface area contributed by atoms with E-state index in [1.165, 1.54) is 46.8 Å². The van der Waals surface area contributed by atoms with Crippen molar-refractivity contribution in [2.24, 2.45) is 0 Å². The molecule has 0 radical (unpaired) electrons. The van der Waals surface area contributed by atoms with E-state index < -0.39 is 20.9 Å². The predicted molar refractivity (Wildman–Crippen MR) is 111 cm³/mol. The van der Waals surface area contributed by atoms with Gasteiger partial charge in [-0.05, 0) is 38.1 Å². The number of anilines is 1. The molecule has 160 valence electrons. The van der Waals surface area contributed by atoms with E-state index in [-0.39, 0.29) is 42.3 Å². The summed E-state index contributed by atoms with van der Waals surface area (Å²) in [5, 5.41) is 13.7. The van der Waals surface area contributed by atoms with Crippen molar-refractivity contribution in [1.29, 1.82) is 0 Å². The summed E-state index contributed by atoms with van der Waals surface area (Å²) in [6.45, 7) is 4.21. The Morgan fingerprint density at radius 3 is 2.33 bits per heavy atom. The first kappa shape index (κ1) is 21.9. The molecule has 3 rings (SSSR count). The molecule has 1 amide bonds. The average Bonchev–Trinajstić information content (AvgIpc) is 2.68. The minimum Gasteiger partial charge on any atom is -0.373 e. The van der Waals surface area contributed by atoms with Crippen molar-refractivity contribution in [1.82, 2.24) is 4.31 Å². The Labute approximate surface area is 174 Å². The first-order valence-corrected chi connectivity index (χ1v) is 10.9. The highest BCUT2D eigenvalue weighted by atomic mass is 32.2. The van der Waals surface area contributed by atoms with Gasteiger partial charge in [-0.3, -0.25) is 14.9 Å². The standard InChI is InChI=1S/C20H23N3O6S/c1-14-12-22(13-15(2)29-14)30(27,28)18-9-7-17(8-10-18)21-20(24)11-16-5-3-4-6-19(16)23(25)26/h3-10,14-15H,11-13H2,1-2H3,(H,21,24)/t14-,15-/m1/s1. The van der Waals surface area contributed by atoms with Gasteiger partial charge in [0, 0.05) is 30.4 Å². The Kier molecular flexibility index (Phi) is 6.49. The summed E-state index contributed by atoms with van der Waals surface area (Å²) in [6.07, 6.45) is -0.547. The van der Waals surface area contributed by atoms with Gasteiger partial charge in [0.1, 0.15) is 0 Å². The van der Waals surface area contributed by atoms with Crippen LogP contribution in [0.3, 0.4) is 0 Å². The number of nitrogens with zero attached hydrogens (tertiary/aromatic N) is 2. The van der Waals surface area contributed by atoms with Crippen LogP contribution in [-0.4, -0.2) is 48.9 Å². The zero-order valence-electron chi connectivity index (χ0n) is 16.6. The molecule has 10 heteroatoms. The molecule has 0 aromatic heterocycles. The Bertz CT molecular complexity index is 1030. The van der Waals surface area contributed by atoms with Crippen molar-refractivity contribution in [3.63, 3.8) is 0 Å². The lowest BCUT2D eigenvalue weighted by Gasteiger charge is -2.34. The molecule has 2 aromatic rings. The fourth-order valence-electron chi connectivity index (χ4n) is 3.40. The van der Waals surface area contributed by atoms with Crippen molar-refractivity contribution in [2.45, 2.75) is 37.4 Å². The number of carbonyl (C=O) groups is 1. The normalized spacial score (nSPS) is 19.9. The third-order valence-electron chi connectivity index (χ3n) is 4.70. The van der Waals surface area contributed by atoms with Crippen LogP contribution >= 0.6 is 0 Å². The molecule has 1 saturated heterocycles. The number of nitrogens with one attached hydrogen (secondary N) is 1. The van der Waals surface area contributed by atoms with Crippen LogP contribution in [-0.2, 0) is 26.0 Å². The van der Waals surface area contributed by atoms with Crippen molar-refractivity contribution in [2.75, 3.05) is 18.4 Å². The van der Waals surface area contributed by atoms with Gasteiger partial charge >= 0.3 is 0 Å². The number of morpholine rings is 1. The van der Waals surface area contributed by atoms with Gasteiger partial charge in [-0.1, -0.05) is 18.2 Å². The zero-order chi connectivity index (χ0) is 21.9. The summed E-state index contributed by atoms with van der Waals surface area (Å²) in [5.41, 5.74) is 0.582. The highest BCUT2D eigenvalue weighted by Gasteiger charge is 2.32. The molecular weight excluding hydrogens is 410 g/mol. The van der Waals surface area contributed by atoms with Crippen LogP contribution in [0, 0.1) is 10.1 Å². The molecule has 2 atom stereocenters. The molecule has 9 nitrogen and oxygen atoms in total. The molecular formula is C20H23N3O6S. The molecule has 2 aromatic carbocycles. The predicted octanol–water partition coefficient (Wildman–Crippen LogP) is 2.57. The van der Waals surface area contributed by atoms with E-state index in [2.05, 4.69) is 5.32 Å². The lowest BCUT2D eigenvalue weighted by atomic mass is 10.1. The zero-order valence-corrected chi connectivity index (χ0v) is 17.5. The molecule has 1 heterocycles. The van der Waals surface area contributed by atoms with Crippen molar-refractivity contribution < 1.29 is 22.9 Å². The number of hydrogen-bond acceptors (Lipinski definition) is 6. The van der Waals surface area contributed by atoms with Gasteiger partial charge in [-0.15, -0.1) is 0 Å². The molecule has 0 saturated carbocycles. The summed E-state index contributed by atoms with van der Waals surface area (Å²) in [5.74, 6) is -0.435. The van der Waals surface area contributed by atoms with Crippen LogP contribution in [0.4, 0.5) is 11.4 Å². The smallest absolute Gasteiger partial charge is 0.273 e. The number of nitro groups is 1. The molecule has 1 aliphatic heterocycles. The van der Waals surface area contributed by atoms with Crippen LogP contribution < -0.4 is 5.32 Å². The second kappa shape index (κ2) is 8.90. The second-order valence-electron chi connectivity index (χ2n) is 7.21. The average molecular weight is 433 g/mol. The van der Waals surface area contributed by atoms with Crippen LogP contribution in [0.2, 0.25) is 0 Å². The fraction of sp³-hybridized carbons (Fsp3) is 0.350. The number of hydrogen-bond donors (Lipinski definition) is 1. The quantitative estimate of drug-likeness (QED) is 0.552. The lowest BCUT2D eigenvalue weighted by molar-refractivity contribution is -0.385. The maximum atomic E-state index is 12.9. The maximum absolute atomic E-state index is 12.9. The highest BCUT2D eigenvalue weighted by molar-refractivity contribution is 7.89. The maximum Gasteiger partial charge on any atom is 0.273 e. The largest absolute Gasteiger partial charge is 0.373 e. The number of amides is 1. The molecule has 0 unspecified atom stereocenters. The van der Waals surface area contributed by atoms with Gasteiger partial charge in [0.2, 0.25) is 15.9 Å². The van der Waals surface area contributed by atoms with E-state index >= 15 is 0 Å². The van der Waals surface area contributed by atoms with E-state index in [1.54, 1.807) is 6.07 Å². The number of ether oxygens (including phenoxy) is 1. The first-order chi connectivity index (χ1) is 14.2. The Morgan fingerprint density at radius 2 is 1.73 bits per heavy atom. The van der Waals surface area contributed by atoms with Crippen LogP contribution in [0.15, 0.2) is 53.4 Å². The third-order valence-corrected chi connectivity index (χ3v) is 6.55. The van der Waals surface area contributed by atoms with Gasteiger partial charge in [0.05, 0.1) is 28.4 Å². The van der Waals surface area contributed by atoms with Crippen molar-refractivity contribution >= 4 is 27.3 Å². The Morgan fingerprint density at radius 1 is 1.13 bits per heavy atom. The molecule has 0 aliphatic carbocycles. The van der Waals surface area contributed by atoms with Gasteiger partial charge in [0.25, 0.3) is 5.69 Å². The molecule has 0 bridgehead atoms. The van der Waals surface area contributed by atoms with Crippen molar-refractivity contribution in [3.05, 3.63) is 64.2 Å². The number of nitro benzene ring substituents is 1. The lowest BCUT2D eigenvalue weighted by Crippen LogP contribution is -2.48. The Hall–Kier alpha value is -2.82. The summed E-state index contributed by atoms with van der Waals surface area (Å²) < 4.78 is 32.7. The number of benzene rings is 2. The monoisotopic (exact) mass is 433 g/mol. The van der Waals surface area contributed by atoms with E-state index in [1.807, 2.05) is 13.8 Å². The van der Waals surface area contributed by atoms with E-state index in [0.29, 0.717) is 11.3 Å². The Balaban J connectivity index is 1.69. The number of rotatable bonds is 6. The molecule has 30 heavy (non-hydrogen) atoms. The minimum absolute atomic E-state index is 0.122. The molecule has 1 aliphatic rings. The third kappa shape index (κ3) is 5.02. The molecule has 0 spiro atoms. The topological polar surface area (TPSA) is 119 Å². The molecule has 1 fully saturated rings. The first-order valence-electron chi connectivity index (χ1n) is 9.44. The van der Waals surface area contributed by atoms with Gasteiger partial charge in [0.15, 0.2) is 0 Å². The van der Waals surface area contributed by atoms with Crippen molar-refractivity contribution in [3.8, 4) is 0 Å². The van der Waals surface area contributed by atoms with E-state index in [0.717, 1.165) is 0 Å². The van der Waals surface area contributed by atoms with Gasteiger partial charge in [-0.2, -0.15) is 4.31 Å². The molecule has 1 N–H and O–H groups in total. The number of para-hydroxylation sites is 1. The summed E-state index contributed by atoms with van der Waals surface area (Å²) in [4.78, 5) is 22.9.